The first-order valence-corrected chi connectivity index (χ1v) is 5.48. The summed E-state index contributed by atoms with van der Waals surface area (Å²) in [5, 5.41) is 0. The van der Waals surface area contributed by atoms with Gasteiger partial charge in [-0.05, 0) is 57.1 Å². The van der Waals surface area contributed by atoms with Gasteiger partial charge in [0.05, 0.1) is 12.7 Å². The van der Waals surface area contributed by atoms with Crippen LogP contribution in [0, 0.1) is 10.5 Å². The van der Waals surface area contributed by atoms with Gasteiger partial charge in [-0.1, -0.05) is 6.07 Å². The van der Waals surface area contributed by atoms with Crippen LogP contribution in [0.25, 0.3) is 0 Å². The monoisotopic (exact) mass is 354 g/mol. The van der Waals surface area contributed by atoms with E-state index in [1.807, 2.05) is 19.1 Å². The van der Waals surface area contributed by atoms with Gasteiger partial charge in [0.25, 0.3) is 0 Å². The van der Waals surface area contributed by atoms with Crippen molar-refractivity contribution in [2.24, 2.45) is 0 Å². The molecule has 70 valence electrons. The molecule has 1 aromatic rings. The Labute approximate surface area is 98.9 Å². The lowest BCUT2D eigenvalue weighted by molar-refractivity contribution is 0.0599. The Morgan fingerprint density at radius 2 is 2.15 bits per heavy atom. The Kier molecular flexibility index (Phi) is 3.73. The summed E-state index contributed by atoms with van der Waals surface area (Å²) in [6.07, 6.45) is 0. The number of halogens is 2. The molecule has 0 bridgehead atoms. The molecule has 0 atom stereocenters. The number of methoxy groups -OCH3 is 1. The summed E-state index contributed by atoms with van der Waals surface area (Å²) in [5.74, 6) is -0.303. The highest BCUT2D eigenvalue weighted by molar-refractivity contribution is 14.1. The molecule has 2 nitrogen and oxygen atoms in total. The van der Waals surface area contributed by atoms with Crippen LogP contribution in [0.1, 0.15) is 15.9 Å². The number of benzene rings is 1. The highest BCUT2D eigenvalue weighted by Gasteiger charge is 2.15. The zero-order valence-corrected chi connectivity index (χ0v) is 11.0. The van der Waals surface area contributed by atoms with Gasteiger partial charge in [-0.2, -0.15) is 0 Å². The maximum atomic E-state index is 11.4. The van der Waals surface area contributed by atoms with Gasteiger partial charge >= 0.3 is 5.97 Å². The molecular formula is C9H8BrIO2. The number of ether oxygens (including phenoxy) is 1. The topological polar surface area (TPSA) is 26.3 Å². The van der Waals surface area contributed by atoms with Crippen LogP contribution in [0.2, 0.25) is 0 Å². The normalized spacial score (nSPS) is 9.85. The van der Waals surface area contributed by atoms with Crippen molar-refractivity contribution in [2.45, 2.75) is 6.92 Å². The second-order valence-corrected chi connectivity index (χ2v) is 4.50. The Hall–Kier alpha value is -0.100. The van der Waals surface area contributed by atoms with E-state index >= 15 is 0 Å². The van der Waals surface area contributed by atoms with Crippen LogP contribution in [0.3, 0.4) is 0 Å². The van der Waals surface area contributed by atoms with Crippen LogP contribution in [-0.4, -0.2) is 13.1 Å². The van der Waals surface area contributed by atoms with Crippen molar-refractivity contribution < 1.29 is 9.53 Å². The van der Waals surface area contributed by atoms with E-state index < -0.39 is 0 Å². The largest absolute Gasteiger partial charge is 0.465 e. The fourth-order valence-corrected chi connectivity index (χ4v) is 2.06. The van der Waals surface area contributed by atoms with Crippen molar-refractivity contribution in [1.82, 2.24) is 0 Å². The maximum absolute atomic E-state index is 11.4. The zero-order chi connectivity index (χ0) is 10.0. The van der Waals surface area contributed by atoms with Gasteiger partial charge in [0.15, 0.2) is 0 Å². The summed E-state index contributed by atoms with van der Waals surface area (Å²) in [5.41, 5.74) is 1.52. The van der Waals surface area contributed by atoms with Crippen LogP contribution < -0.4 is 0 Å². The van der Waals surface area contributed by atoms with Crippen molar-refractivity contribution in [3.05, 3.63) is 31.3 Å². The number of aryl methyl sites for hydroxylation is 1. The molecule has 0 heterocycles. The van der Waals surface area contributed by atoms with Crippen LogP contribution in [0.15, 0.2) is 16.6 Å². The molecule has 0 N–H and O–H groups in total. The molecule has 0 aliphatic rings. The van der Waals surface area contributed by atoms with Crippen molar-refractivity contribution in [3.63, 3.8) is 0 Å². The van der Waals surface area contributed by atoms with Crippen LogP contribution in [-0.2, 0) is 4.74 Å². The minimum absolute atomic E-state index is 0.303. The number of esters is 1. The van der Waals surface area contributed by atoms with Gasteiger partial charge < -0.3 is 4.74 Å². The van der Waals surface area contributed by atoms with Gasteiger partial charge in [-0.25, -0.2) is 4.79 Å². The Morgan fingerprint density at radius 3 is 2.69 bits per heavy atom. The van der Waals surface area contributed by atoms with Gasteiger partial charge in [0.1, 0.15) is 0 Å². The van der Waals surface area contributed by atoms with E-state index in [-0.39, 0.29) is 5.97 Å². The van der Waals surface area contributed by atoms with E-state index in [0.717, 1.165) is 13.6 Å². The Morgan fingerprint density at radius 1 is 1.54 bits per heavy atom. The average Bonchev–Trinajstić information content (AvgIpc) is 2.12. The van der Waals surface area contributed by atoms with Crippen LogP contribution >= 0.6 is 38.5 Å². The molecular weight excluding hydrogens is 347 g/mol. The van der Waals surface area contributed by atoms with Gasteiger partial charge in [0.2, 0.25) is 0 Å². The number of rotatable bonds is 1. The molecule has 0 unspecified atom stereocenters. The van der Waals surface area contributed by atoms with E-state index in [1.165, 1.54) is 7.11 Å². The predicted octanol–water partition coefficient (Wildman–Crippen LogP) is 3.15. The van der Waals surface area contributed by atoms with E-state index in [1.54, 1.807) is 0 Å². The lowest BCUT2D eigenvalue weighted by atomic mass is 10.1. The SMILES string of the molecule is COC(=O)c1c(C)ccc(I)c1Br. The van der Waals surface area contributed by atoms with Gasteiger partial charge in [-0.15, -0.1) is 0 Å². The van der Waals surface area contributed by atoms with E-state index in [2.05, 4.69) is 43.3 Å². The van der Waals surface area contributed by atoms with Crippen molar-refractivity contribution in [1.29, 1.82) is 0 Å². The molecule has 1 rings (SSSR count). The second-order valence-electron chi connectivity index (χ2n) is 2.54. The van der Waals surface area contributed by atoms with Crippen molar-refractivity contribution >= 4 is 44.5 Å². The summed E-state index contributed by atoms with van der Waals surface area (Å²) in [4.78, 5) is 11.4. The number of carbonyl (C=O) groups is 1. The number of hydrogen-bond donors (Lipinski definition) is 0. The first-order valence-electron chi connectivity index (χ1n) is 3.61. The number of carbonyl (C=O) groups excluding carboxylic acids is 1. The van der Waals surface area contributed by atoms with Crippen LogP contribution in [0.4, 0.5) is 0 Å². The minimum Gasteiger partial charge on any atom is -0.465 e. The Balaban J connectivity index is 3.33. The molecule has 13 heavy (non-hydrogen) atoms. The average molecular weight is 355 g/mol. The fraction of sp³-hybridized carbons (Fsp3) is 0.222. The van der Waals surface area contributed by atoms with Gasteiger partial charge in [0, 0.05) is 8.04 Å². The molecule has 0 aliphatic carbocycles. The smallest absolute Gasteiger partial charge is 0.339 e. The highest BCUT2D eigenvalue weighted by Crippen LogP contribution is 2.26. The molecule has 0 saturated carbocycles. The molecule has 0 spiro atoms. The molecule has 0 saturated heterocycles. The first-order chi connectivity index (χ1) is 6.07. The fourth-order valence-electron chi connectivity index (χ4n) is 1.000. The summed E-state index contributed by atoms with van der Waals surface area (Å²) >= 11 is 5.53. The number of hydrogen-bond acceptors (Lipinski definition) is 2. The quantitative estimate of drug-likeness (QED) is 0.572. The summed E-state index contributed by atoms with van der Waals surface area (Å²) in [6.45, 7) is 1.88. The molecule has 1 aromatic carbocycles. The van der Waals surface area contributed by atoms with E-state index in [9.17, 15) is 4.79 Å². The lowest BCUT2D eigenvalue weighted by Gasteiger charge is -2.07. The molecule has 4 heteroatoms. The zero-order valence-electron chi connectivity index (χ0n) is 7.23. The second kappa shape index (κ2) is 4.41. The molecule has 0 fully saturated rings. The Bertz CT molecular complexity index is 350. The maximum Gasteiger partial charge on any atom is 0.339 e. The van der Waals surface area contributed by atoms with Crippen molar-refractivity contribution in [3.8, 4) is 0 Å². The third-order valence-electron chi connectivity index (χ3n) is 1.69. The van der Waals surface area contributed by atoms with E-state index in [4.69, 9.17) is 0 Å². The molecule has 0 aromatic heterocycles. The summed E-state index contributed by atoms with van der Waals surface area (Å²) in [6, 6.07) is 3.85. The molecule has 0 amide bonds. The van der Waals surface area contributed by atoms with Crippen molar-refractivity contribution in [2.75, 3.05) is 7.11 Å². The van der Waals surface area contributed by atoms with Crippen LogP contribution in [0.5, 0.6) is 0 Å². The summed E-state index contributed by atoms with van der Waals surface area (Å²) in [7, 11) is 1.38. The van der Waals surface area contributed by atoms with Gasteiger partial charge in [-0.3, -0.25) is 0 Å². The highest BCUT2D eigenvalue weighted by atomic mass is 127. The summed E-state index contributed by atoms with van der Waals surface area (Å²) < 4.78 is 6.49. The predicted molar refractivity (Wildman–Crippen MR) is 62.9 cm³/mol. The molecule has 0 aliphatic heterocycles. The minimum atomic E-state index is -0.303. The third-order valence-corrected chi connectivity index (χ3v) is 4.16. The van der Waals surface area contributed by atoms with E-state index in [0.29, 0.717) is 5.56 Å². The first kappa shape index (κ1) is 11.0. The molecule has 0 radical (unpaired) electrons. The lowest BCUT2D eigenvalue weighted by Crippen LogP contribution is -2.05. The third kappa shape index (κ3) is 2.22. The standard InChI is InChI=1S/C9H8BrIO2/c1-5-3-4-6(11)8(10)7(5)9(12)13-2/h3-4H,1-2H3.